The summed E-state index contributed by atoms with van der Waals surface area (Å²) in [5, 5.41) is -0.515. The number of fused-ring (bicyclic) bond motifs is 1. The van der Waals surface area contributed by atoms with Crippen LogP contribution in [0.3, 0.4) is 0 Å². The van der Waals surface area contributed by atoms with E-state index in [1.54, 1.807) is 4.90 Å². The molecule has 1 unspecified atom stereocenters. The third-order valence-corrected chi connectivity index (χ3v) is 4.16. The van der Waals surface area contributed by atoms with E-state index in [-0.39, 0.29) is 5.91 Å². The minimum atomic E-state index is -0.515. The number of benzene rings is 2. The van der Waals surface area contributed by atoms with Crippen LogP contribution in [0.4, 0.5) is 5.69 Å². The van der Waals surface area contributed by atoms with Gasteiger partial charge in [-0.1, -0.05) is 54.2 Å². The van der Waals surface area contributed by atoms with E-state index in [9.17, 15) is 4.79 Å². The number of carbonyl (C=O) groups is 1. The Balaban J connectivity index is 1.97. The summed E-state index contributed by atoms with van der Waals surface area (Å²) in [4.78, 5) is 15.1. The summed E-state index contributed by atoms with van der Waals surface area (Å²) in [5.41, 5.74) is 7.96. The van der Waals surface area contributed by atoms with Gasteiger partial charge < -0.3 is 10.6 Å². The predicted octanol–water partition coefficient (Wildman–Crippen LogP) is 2.61. The Morgan fingerprint density at radius 1 is 1.05 bits per heavy atom. The SMILES string of the molecule is NC1Sc2ccccc2N(Cc2ccccc2)C1=O. The van der Waals surface area contributed by atoms with E-state index >= 15 is 0 Å². The van der Waals surface area contributed by atoms with Gasteiger partial charge >= 0.3 is 0 Å². The number of rotatable bonds is 2. The lowest BCUT2D eigenvalue weighted by atomic mass is 10.2. The summed E-state index contributed by atoms with van der Waals surface area (Å²) in [5.74, 6) is -0.0347. The van der Waals surface area contributed by atoms with Crippen LogP contribution in [-0.2, 0) is 11.3 Å². The molecule has 2 aromatic carbocycles. The number of amides is 1. The Kier molecular flexibility index (Phi) is 3.27. The number of nitrogens with two attached hydrogens (primary N) is 1. The van der Waals surface area contributed by atoms with Gasteiger partial charge in [0.15, 0.2) is 0 Å². The minimum Gasteiger partial charge on any atom is -0.311 e. The number of anilines is 1. The first-order chi connectivity index (χ1) is 9.25. The first-order valence-electron chi connectivity index (χ1n) is 6.12. The second-order valence-corrected chi connectivity index (χ2v) is 5.60. The summed E-state index contributed by atoms with van der Waals surface area (Å²) in [7, 11) is 0. The molecule has 3 rings (SSSR count). The topological polar surface area (TPSA) is 46.3 Å². The molecule has 19 heavy (non-hydrogen) atoms. The fourth-order valence-electron chi connectivity index (χ4n) is 2.17. The Labute approximate surface area is 116 Å². The summed E-state index contributed by atoms with van der Waals surface area (Å²) < 4.78 is 0. The quantitative estimate of drug-likeness (QED) is 0.912. The zero-order valence-electron chi connectivity index (χ0n) is 10.3. The smallest absolute Gasteiger partial charge is 0.254 e. The van der Waals surface area contributed by atoms with Gasteiger partial charge in [0.2, 0.25) is 0 Å². The minimum absolute atomic E-state index is 0.0347. The van der Waals surface area contributed by atoms with E-state index in [1.807, 2.05) is 54.6 Å². The Hall–Kier alpha value is -1.78. The van der Waals surface area contributed by atoms with Gasteiger partial charge in [-0.2, -0.15) is 0 Å². The molecular formula is C15H14N2OS. The van der Waals surface area contributed by atoms with Gasteiger partial charge in [-0.05, 0) is 17.7 Å². The Morgan fingerprint density at radius 2 is 1.74 bits per heavy atom. The van der Waals surface area contributed by atoms with Gasteiger partial charge in [-0.15, -0.1) is 0 Å². The van der Waals surface area contributed by atoms with Crippen LogP contribution in [0.15, 0.2) is 59.5 Å². The third kappa shape index (κ3) is 2.37. The van der Waals surface area contributed by atoms with Crippen molar-refractivity contribution in [2.24, 2.45) is 5.73 Å². The van der Waals surface area contributed by atoms with E-state index in [1.165, 1.54) is 11.8 Å². The molecule has 1 heterocycles. The lowest BCUT2D eigenvalue weighted by molar-refractivity contribution is -0.118. The van der Waals surface area contributed by atoms with E-state index in [0.29, 0.717) is 6.54 Å². The van der Waals surface area contributed by atoms with Crippen molar-refractivity contribution < 1.29 is 4.79 Å². The fourth-order valence-corrected chi connectivity index (χ4v) is 3.13. The monoisotopic (exact) mass is 270 g/mol. The molecule has 1 aliphatic heterocycles. The van der Waals surface area contributed by atoms with Crippen molar-refractivity contribution >= 4 is 23.4 Å². The summed E-state index contributed by atoms with van der Waals surface area (Å²) in [6.45, 7) is 0.560. The van der Waals surface area contributed by atoms with Crippen LogP contribution in [-0.4, -0.2) is 11.3 Å². The maximum absolute atomic E-state index is 12.3. The van der Waals surface area contributed by atoms with Crippen LogP contribution in [0.2, 0.25) is 0 Å². The molecule has 0 radical (unpaired) electrons. The van der Waals surface area contributed by atoms with Crippen LogP contribution in [0.25, 0.3) is 0 Å². The molecule has 2 aromatic rings. The molecule has 2 N–H and O–H groups in total. The maximum atomic E-state index is 12.3. The summed E-state index contributed by atoms with van der Waals surface area (Å²) >= 11 is 1.42. The molecule has 0 aromatic heterocycles. The van der Waals surface area contributed by atoms with E-state index in [0.717, 1.165) is 16.1 Å². The number of thioether (sulfide) groups is 1. The molecule has 0 saturated carbocycles. The van der Waals surface area contributed by atoms with Crippen molar-refractivity contribution in [3.05, 3.63) is 60.2 Å². The second-order valence-electron chi connectivity index (χ2n) is 4.42. The van der Waals surface area contributed by atoms with Crippen molar-refractivity contribution in [2.75, 3.05) is 4.90 Å². The van der Waals surface area contributed by atoms with Gasteiger partial charge in [-0.25, -0.2) is 0 Å². The zero-order chi connectivity index (χ0) is 13.2. The van der Waals surface area contributed by atoms with Gasteiger partial charge in [0.05, 0.1) is 12.2 Å². The van der Waals surface area contributed by atoms with Crippen LogP contribution < -0.4 is 10.6 Å². The molecule has 1 aliphatic rings. The average molecular weight is 270 g/mol. The van der Waals surface area contributed by atoms with Gasteiger partial charge in [0.1, 0.15) is 5.37 Å². The standard InChI is InChI=1S/C15H14N2OS/c16-14-15(18)17(10-11-6-2-1-3-7-11)12-8-4-5-9-13(12)19-14/h1-9,14H,10,16H2. The van der Waals surface area contributed by atoms with E-state index in [4.69, 9.17) is 5.73 Å². The highest BCUT2D eigenvalue weighted by Gasteiger charge is 2.30. The molecule has 1 atom stereocenters. The highest BCUT2D eigenvalue weighted by molar-refractivity contribution is 8.00. The van der Waals surface area contributed by atoms with Crippen LogP contribution in [0.1, 0.15) is 5.56 Å². The predicted molar refractivity (Wildman–Crippen MR) is 77.9 cm³/mol. The molecule has 0 fully saturated rings. The molecule has 0 aliphatic carbocycles. The lowest BCUT2D eigenvalue weighted by Gasteiger charge is -2.32. The van der Waals surface area contributed by atoms with Crippen molar-refractivity contribution in [3.8, 4) is 0 Å². The van der Waals surface area contributed by atoms with Crippen molar-refractivity contribution in [3.63, 3.8) is 0 Å². The molecule has 3 nitrogen and oxygen atoms in total. The molecule has 1 amide bonds. The van der Waals surface area contributed by atoms with E-state index in [2.05, 4.69) is 0 Å². The summed E-state index contributed by atoms with van der Waals surface area (Å²) in [6.07, 6.45) is 0. The normalized spacial score (nSPS) is 18.3. The lowest BCUT2D eigenvalue weighted by Crippen LogP contribution is -2.44. The highest BCUT2D eigenvalue weighted by atomic mass is 32.2. The molecule has 0 bridgehead atoms. The molecular weight excluding hydrogens is 256 g/mol. The molecule has 96 valence electrons. The fraction of sp³-hybridized carbons (Fsp3) is 0.133. The number of hydrogen-bond acceptors (Lipinski definition) is 3. The van der Waals surface area contributed by atoms with Crippen molar-refractivity contribution in [1.82, 2.24) is 0 Å². The molecule has 0 saturated heterocycles. The number of hydrogen-bond donors (Lipinski definition) is 1. The first kappa shape index (κ1) is 12.3. The van der Waals surface area contributed by atoms with Crippen molar-refractivity contribution in [1.29, 1.82) is 0 Å². The second kappa shape index (κ2) is 5.07. The van der Waals surface area contributed by atoms with Gasteiger partial charge in [-0.3, -0.25) is 4.79 Å². The van der Waals surface area contributed by atoms with Crippen LogP contribution >= 0.6 is 11.8 Å². The van der Waals surface area contributed by atoms with Crippen molar-refractivity contribution in [2.45, 2.75) is 16.8 Å². The van der Waals surface area contributed by atoms with Gasteiger partial charge in [0, 0.05) is 4.90 Å². The summed E-state index contributed by atoms with van der Waals surface area (Å²) in [6, 6.07) is 17.8. The van der Waals surface area contributed by atoms with Crippen LogP contribution in [0, 0.1) is 0 Å². The number of nitrogens with zero attached hydrogens (tertiary/aromatic N) is 1. The largest absolute Gasteiger partial charge is 0.311 e. The Morgan fingerprint density at radius 3 is 2.53 bits per heavy atom. The third-order valence-electron chi connectivity index (χ3n) is 3.10. The van der Waals surface area contributed by atoms with E-state index < -0.39 is 5.37 Å². The van der Waals surface area contributed by atoms with Gasteiger partial charge in [0.25, 0.3) is 5.91 Å². The number of carbonyl (C=O) groups excluding carboxylic acids is 1. The molecule has 4 heteroatoms. The average Bonchev–Trinajstić information content (AvgIpc) is 2.45. The highest BCUT2D eigenvalue weighted by Crippen LogP contribution is 2.37. The van der Waals surface area contributed by atoms with Crippen LogP contribution in [0.5, 0.6) is 0 Å². The maximum Gasteiger partial charge on any atom is 0.254 e. The first-order valence-corrected chi connectivity index (χ1v) is 7.00. The zero-order valence-corrected chi connectivity index (χ0v) is 11.1. The molecule has 0 spiro atoms. The number of para-hydroxylation sites is 1. The Bertz CT molecular complexity index is 600.